The van der Waals surface area contributed by atoms with Crippen molar-refractivity contribution in [2.24, 2.45) is 0 Å². The first kappa shape index (κ1) is 25.1. The van der Waals surface area contributed by atoms with Crippen molar-refractivity contribution in [2.45, 2.75) is 32.6 Å². The molecule has 0 bridgehead atoms. The second kappa shape index (κ2) is 11.3. The van der Waals surface area contributed by atoms with E-state index in [1.165, 1.54) is 6.26 Å². The Morgan fingerprint density at radius 3 is 2.62 bits per heavy atom. The second-order valence-electron chi connectivity index (χ2n) is 8.80. The molecule has 4 aromatic rings. The number of carbonyl (C=O) groups excluding carboxylic acids is 1. The van der Waals surface area contributed by atoms with E-state index in [9.17, 15) is 4.79 Å². The summed E-state index contributed by atoms with van der Waals surface area (Å²) < 4.78 is 16.6. The molecule has 9 heteroatoms. The van der Waals surface area contributed by atoms with Crippen LogP contribution in [0.25, 0.3) is 0 Å². The monoisotopic (exact) mass is 537 g/mol. The van der Waals surface area contributed by atoms with Crippen LogP contribution in [0.3, 0.4) is 0 Å². The highest BCUT2D eigenvalue weighted by Crippen LogP contribution is 2.33. The van der Waals surface area contributed by atoms with Crippen LogP contribution in [0.5, 0.6) is 11.5 Å². The van der Waals surface area contributed by atoms with Gasteiger partial charge in [0.1, 0.15) is 6.26 Å². The molecule has 0 spiro atoms. The number of nitrogens with one attached hydrogen (secondary N) is 1. The standard InChI is InChI=1S/C28H25Cl2N3O4/c1-18(20-5-3-2-4-6-20)31-28(34)24-16-35-27(32-24)15-33(14-21-8-9-22(29)12-23(21)30)13-19-7-10-25-26(11-19)37-17-36-25/h2-12,16,18H,13-15,17H2,1H3,(H,31,34)/t18-/m1/s1. The van der Waals surface area contributed by atoms with Crippen LogP contribution in [0, 0.1) is 0 Å². The van der Waals surface area contributed by atoms with E-state index < -0.39 is 0 Å². The molecule has 1 N–H and O–H groups in total. The largest absolute Gasteiger partial charge is 0.454 e. The molecule has 1 amide bonds. The molecule has 0 saturated heterocycles. The molecule has 7 nitrogen and oxygen atoms in total. The first-order valence-corrected chi connectivity index (χ1v) is 12.6. The Morgan fingerprint density at radius 1 is 1.00 bits per heavy atom. The zero-order valence-corrected chi connectivity index (χ0v) is 21.6. The number of amides is 1. The van der Waals surface area contributed by atoms with Crippen LogP contribution in [0.1, 0.15) is 46.0 Å². The van der Waals surface area contributed by atoms with Crippen LogP contribution in [0.4, 0.5) is 0 Å². The molecule has 1 atom stereocenters. The van der Waals surface area contributed by atoms with Crippen molar-refractivity contribution in [1.29, 1.82) is 0 Å². The quantitative estimate of drug-likeness (QED) is 0.266. The summed E-state index contributed by atoms with van der Waals surface area (Å²) in [6.45, 7) is 3.57. The maximum atomic E-state index is 12.8. The zero-order chi connectivity index (χ0) is 25.8. The van der Waals surface area contributed by atoms with Gasteiger partial charge in [-0.15, -0.1) is 0 Å². The van der Waals surface area contributed by atoms with E-state index in [0.29, 0.717) is 41.3 Å². The third-order valence-corrected chi connectivity index (χ3v) is 6.63. The van der Waals surface area contributed by atoms with E-state index in [-0.39, 0.29) is 24.4 Å². The number of oxazole rings is 1. The third-order valence-electron chi connectivity index (χ3n) is 6.04. The molecule has 0 unspecified atom stereocenters. The molecule has 37 heavy (non-hydrogen) atoms. The van der Waals surface area contributed by atoms with Gasteiger partial charge >= 0.3 is 0 Å². The third kappa shape index (κ3) is 6.25. The van der Waals surface area contributed by atoms with Gasteiger partial charge in [-0.2, -0.15) is 0 Å². The van der Waals surface area contributed by atoms with Gasteiger partial charge in [0.05, 0.1) is 12.6 Å². The molecule has 1 aromatic heterocycles. The molecular weight excluding hydrogens is 513 g/mol. The van der Waals surface area contributed by atoms with Crippen LogP contribution in [0.15, 0.2) is 77.4 Å². The normalized spacial score (nSPS) is 13.1. The number of fused-ring (bicyclic) bond motifs is 1. The minimum atomic E-state index is -0.297. The summed E-state index contributed by atoms with van der Waals surface area (Å²) in [6.07, 6.45) is 1.39. The lowest BCUT2D eigenvalue weighted by atomic mass is 10.1. The van der Waals surface area contributed by atoms with E-state index in [4.69, 9.17) is 37.1 Å². The molecule has 1 aliphatic rings. The van der Waals surface area contributed by atoms with Crippen LogP contribution in [-0.2, 0) is 19.6 Å². The molecular formula is C28H25Cl2N3O4. The second-order valence-corrected chi connectivity index (χ2v) is 9.64. The maximum Gasteiger partial charge on any atom is 0.273 e. The zero-order valence-electron chi connectivity index (χ0n) is 20.1. The highest BCUT2D eigenvalue weighted by atomic mass is 35.5. The van der Waals surface area contributed by atoms with Gasteiger partial charge in [-0.25, -0.2) is 4.98 Å². The molecule has 5 rings (SSSR count). The topological polar surface area (TPSA) is 76.8 Å². The van der Waals surface area contributed by atoms with E-state index in [2.05, 4.69) is 15.2 Å². The number of benzene rings is 3. The number of aromatic nitrogens is 1. The lowest BCUT2D eigenvalue weighted by molar-refractivity contribution is 0.0934. The van der Waals surface area contributed by atoms with Crippen LogP contribution >= 0.6 is 23.2 Å². The first-order chi connectivity index (χ1) is 17.9. The minimum absolute atomic E-state index is 0.164. The average Bonchev–Trinajstić information content (AvgIpc) is 3.55. The minimum Gasteiger partial charge on any atom is -0.454 e. The van der Waals surface area contributed by atoms with Gasteiger partial charge in [-0.05, 0) is 47.9 Å². The number of carbonyl (C=O) groups is 1. The fourth-order valence-corrected chi connectivity index (χ4v) is 4.60. The van der Waals surface area contributed by atoms with Crippen molar-refractivity contribution in [1.82, 2.24) is 15.2 Å². The van der Waals surface area contributed by atoms with E-state index in [1.54, 1.807) is 6.07 Å². The summed E-state index contributed by atoms with van der Waals surface area (Å²) in [5.74, 6) is 1.56. The number of halogens is 2. The van der Waals surface area contributed by atoms with Gasteiger partial charge < -0.3 is 19.2 Å². The molecule has 190 valence electrons. The Bertz CT molecular complexity index is 1390. The number of ether oxygens (including phenoxy) is 2. The Kier molecular flexibility index (Phi) is 7.65. The lowest BCUT2D eigenvalue weighted by Gasteiger charge is -2.22. The SMILES string of the molecule is C[C@@H](NC(=O)c1coc(CN(Cc2ccc3c(c2)OCO3)Cc2ccc(Cl)cc2Cl)n1)c1ccccc1. The predicted molar refractivity (Wildman–Crippen MR) is 141 cm³/mol. The number of hydrogen-bond donors (Lipinski definition) is 1. The Morgan fingerprint density at radius 2 is 1.81 bits per heavy atom. The van der Waals surface area contributed by atoms with Gasteiger partial charge in [0.25, 0.3) is 5.91 Å². The van der Waals surface area contributed by atoms with Gasteiger partial charge in [-0.1, -0.05) is 65.7 Å². The van der Waals surface area contributed by atoms with Crippen molar-refractivity contribution >= 4 is 29.1 Å². The van der Waals surface area contributed by atoms with E-state index in [0.717, 1.165) is 22.4 Å². The van der Waals surface area contributed by atoms with Gasteiger partial charge in [-0.3, -0.25) is 9.69 Å². The van der Waals surface area contributed by atoms with Crippen molar-refractivity contribution in [2.75, 3.05) is 6.79 Å². The summed E-state index contributed by atoms with van der Waals surface area (Å²) in [5, 5.41) is 4.11. The van der Waals surface area contributed by atoms with Crippen LogP contribution in [-0.4, -0.2) is 22.6 Å². The van der Waals surface area contributed by atoms with Crippen molar-refractivity contribution in [3.63, 3.8) is 0 Å². The Labute approximate surface area is 224 Å². The van der Waals surface area contributed by atoms with Crippen molar-refractivity contribution in [3.05, 3.63) is 111 Å². The van der Waals surface area contributed by atoms with E-state index in [1.807, 2.05) is 67.6 Å². The van der Waals surface area contributed by atoms with Crippen molar-refractivity contribution < 1.29 is 18.7 Å². The smallest absolute Gasteiger partial charge is 0.273 e. The summed E-state index contributed by atoms with van der Waals surface area (Å²) in [4.78, 5) is 19.4. The fraction of sp³-hybridized carbons (Fsp3) is 0.214. The maximum absolute atomic E-state index is 12.8. The number of nitrogens with zero attached hydrogens (tertiary/aromatic N) is 2. The van der Waals surface area contributed by atoms with Crippen molar-refractivity contribution in [3.8, 4) is 11.5 Å². The molecule has 0 aliphatic carbocycles. The van der Waals surface area contributed by atoms with Gasteiger partial charge in [0.2, 0.25) is 12.7 Å². The molecule has 0 radical (unpaired) electrons. The number of rotatable bonds is 9. The molecule has 2 heterocycles. The Hall–Kier alpha value is -3.52. The summed E-state index contributed by atoms with van der Waals surface area (Å²) in [7, 11) is 0. The van der Waals surface area contributed by atoms with Gasteiger partial charge in [0, 0.05) is 23.1 Å². The Balaban J connectivity index is 1.31. The van der Waals surface area contributed by atoms with Crippen LogP contribution in [0.2, 0.25) is 10.0 Å². The lowest BCUT2D eigenvalue weighted by Crippen LogP contribution is -2.27. The summed E-state index contributed by atoms with van der Waals surface area (Å²) >= 11 is 12.5. The number of hydrogen-bond acceptors (Lipinski definition) is 6. The highest BCUT2D eigenvalue weighted by Gasteiger charge is 2.20. The fourth-order valence-electron chi connectivity index (χ4n) is 4.13. The average molecular weight is 538 g/mol. The summed E-state index contributed by atoms with van der Waals surface area (Å²) in [6, 6.07) is 20.9. The highest BCUT2D eigenvalue weighted by molar-refractivity contribution is 6.35. The molecule has 0 saturated carbocycles. The van der Waals surface area contributed by atoms with Crippen LogP contribution < -0.4 is 14.8 Å². The van der Waals surface area contributed by atoms with E-state index >= 15 is 0 Å². The predicted octanol–water partition coefficient (Wildman–Crippen LogP) is 6.40. The summed E-state index contributed by atoms with van der Waals surface area (Å²) in [5.41, 5.74) is 3.17. The van der Waals surface area contributed by atoms with Gasteiger partial charge in [0.15, 0.2) is 17.2 Å². The molecule has 0 fully saturated rings. The molecule has 3 aromatic carbocycles. The molecule has 1 aliphatic heterocycles. The first-order valence-electron chi connectivity index (χ1n) is 11.8.